The molecule has 1 heterocycles. The number of amides is 1. The normalized spacial score (nSPS) is 10.6. The third-order valence-electron chi connectivity index (χ3n) is 3.83. The van der Waals surface area contributed by atoms with Gasteiger partial charge in [-0.05, 0) is 82.8 Å². The first kappa shape index (κ1) is 19.8. The Bertz CT molecular complexity index is 960. The molecule has 1 N–H and O–H groups in total. The number of aromatic nitrogens is 1. The average Bonchev–Trinajstić information content (AvgIpc) is 2.74. The van der Waals surface area contributed by atoms with E-state index in [9.17, 15) is 4.79 Å². The van der Waals surface area contributed by atoms with Crippen LogP contribution in [0.3, 0.4) is 0 Å². The van der Waals surface area contributed by atoms with Gasteiger partial charge in [-0.1, -0.05) is 0 Å². The van der Waals surface area contributed by atoms with E-state index in [0.717, 1.165) is 26.2 Å². The molecule has 0 aliphatic rings. The number of pyridine rings is 1. The quantitative estimate of drug-likeness (QED) is 0.310. The molecule has 1 aromatic heterocycles. The third-order valence-corrected chi connectivity index (χ3v) is 4.55. The minimum Gasteiger partial charge on any atom is -0.496 e. The van der Waals surface area contributed by atoms with Crippen molar-refractivity contribution in [1.82, 2.24) is 10.4 Å². The van der Waals surface area contributed by atoms with Gasteiger partial charge in [0.15, 0.2) is 0 Å². The Hall–Kier alpha value is -2.94. The summed E-state index contributed by atoms with van der Waals surface area (Å²) in [6.45, 7) is 0.356. The third kappa shape index (κ3) is 5.53. The number of hydrazone groups is 1. The number of carbonyl (C=O) groups excluding carboxylic acids is 1. The molecule has 0 aliphatic carbocycles. The Kier molecular flexibility index (Phi) is 6.96. The molecule has 0 bridgehead atoms. The van der Waals surface area contributed by atoms with E-state index < -0.39 is 0 Å². The van der Waals surface area contributed by atoms with Crippen LogP contribution in [0.5, 0.6) is 11.5 Å². The van der Waals surface area contributed by atoms with Gasteiger partial charge in [-0.2, -0.15) is 5.10 Å². The second-order valence-corrected chi connectivity index (χ2v) is 6.99. The van der Waals surface area contributed by atoms with Crippen LogP contribution >= 0.6 is 22.6 Å². The van der Waals surface area contributed by atoms with Gasteiger partial charge < -0.3 is 9.47 Å². The lowest BCUT2D eigenvalue weighted by Gasteiger charge is -2.11. The van der Waals surface area contributed by atoms with E-state index >= 15 is 0 Å². The summed E-state index contributed by atoms with van der Waals surface area (Å²) in [7, 11) is 1.62. The van der Waals surface area contributed by atoms with Crippen LogP contribution in [0.4, 0.5) is 0 Å². The van der Waals surface area contributed by atoms with Gasteiger partial charge in [-0.25, -0.2) is 5.43 Å². The number of nitrogens with one attached hydrogen (secondary N) is 1. The van der Waals surface area contributed by atoms with Crippen LogP contribution in [0.25, 0.3) is 0 Å². The fourth-order valence-electron chi connectivity index (χ4n) is 2.42. The number of ether oxygens (including phenoxy) is 2. The second kappa shape index (κ2) is 9.84. The van der Waals surface area contributed by atoms with Crippen molar-refractivity contribution in [2.45, 2.75) is 6.61 Å². The van der Waals surface area contributed by atoms with Crippen LogP contribution in [0.15, 0.2) is 72.1 Å². The maximum atomic E-state index is 12.0. The maximum Gasteiger partial charge on any atom is 0.271 e. The Labute approximate surface area is 176 Å². The number of nitrogens with zero attached hydrogens (tertiary/aromatic N) is 2. The number of benzene rings is 2. The van der Waals surface area contributed by atoms with Gasteiger partial charge in [-0.3, -0.25) is 9.78 Å². The Morgan fingerprint density at radius 1 is 1.14 bits per heavy atom. The molecule has 0 aliphatic heterocycles. The lowest BCUT2D eigenvalue weighted by molar-refractivity contribution is 0.0955. The lowest BCUT2D eigenvalue weighted by atomic mass is 10.1. The van der Waals surface area contributed by atoms with Crippen molar-refractivity contribution in [3.8, 4) is 11.5 Å². The highest BCUT2D eigenvalue weighted by Gasteiger charge is 2.06. The standard InChI is InChI=1S/C21H18IN3O3/c1-27-20-7-2-15(13-24-25-21(26)16-8-10-23-11-9-16)12-17(20)14-28-19-5-3-18(22)4-6-19/h2-13H,14H2,1H3,(H,25,26). The Morgan fingerprint density at radius 3 is 2.61 bits per heavy atom. The summed E-state index contributed by atoms with van der Waals surface area (Å²) in [4.78, 5) is 15.9. The van der Waals surface area contributed by atoms with Gasteiger partial charge in [0.05, 0.1) is 13.3 Å². The number of carbonyl (C=O) groups is 1. The predicted molar refractivity (Wildman–Crippen MR) is 116 cm³/mol. The van der Waals surface area contributed by atoms with Crippen LogP contribution in [0, 0.1) is 3.57 Å². The van der Waals surface area contributed by atoms with Crippen molar-refractivity contribution in [3.63, 3.8) is 0 Å². The van der Waals surface area contributed by atoms with Gasteiger partial charge in [0.1, 0.15) is 18.1 Å². The zero-order valence-electron chi connectivity index (χ0n) is 15.1. The van der Waals surface area contributed by atoms with Crippen LogP contribution in [-0.2, 0) is 6.61 Å². The topological polar surface area (TPSA) is 72.8 Å². The molecule has 0 saturated heterocycles. The predicted octanol–water partition coefficient (Wildman–Crippen LogP) is 4.04. The lowest BCUT2D eigenvalue weighted by Crippen LogP contribution is -2.17. The molecule has 2 aromatic carbocycles. The molecule has 0 unspecified atom stereocenters. The molecule has 1 amide bonds. The molecular weight excluding hydrogens is 469 g/mol. The van der Waals surface area contributed by atoms with E-state index in [1.54, 1.807) is 37.9 Å². The zero-order chi connectivity index (χ0) is 19.8. The first-order valence-electron chi connectivity index (χ1n) is 8.44. The second-order valence-electron chi connectivity index (χ2n) is 5.75. The monoisotopic (exact) mass is 487 g/mol. The minimum atomic E-state index is -0.297. The van der Waals surface area contributed by atoms with Crippen molar-refractivity contribution < 1.29 is 14.3 Å². The summed E-state index contributed by atoms with van der Waals surface area (Å²) in [5.41, 5.74) is 4.69. The Morgan fingerprint density at radius 2 is 1.89 bits per heavy atom. The molecule has 3 rings (SSSR count). The van der Waals surface area contributed by atoms with Gasteiger partial charge in [0, 0.05) is 27.1 Å². The van der Waals surface area contributed by atoms with Crippen LogP contribution in [0.1, 0.15) is 21.5 Å². The van der Waals surface area contributed by atoms with Crippen molar-refractivity contribution >= 4 is 34.7 Å². The van der Waals surface area contributed by atoms with E-state index in [1.807, 2.05) is 42.5 Å². The summed E-state index contributed by atoms with van der Waals surface area (Å²) >= 11 is 2.25. The average molecular weight is 487 g/mol. The summed E-state index contributed by atoms with van der Waals surface area (Å²) in [5, 5.41) is 4.02. The van der Waals surface area contributed by atoms with Crippen LogP contribution in [0.2, 0.25) is 0 Å². The van der Waals surface area contributed by atoms with Crippen molar-refractivity contribution in [2.75, 3.05) is 7.11 Å². The van der Waals surface area contributed by atoms with E-state index in [2.05, 4.69) is 38.1 Å². The SMILES string of the molecule is COc1ccc(C=NNC(=O)c2ccncc2)cc1COc1ccc(I)cc1. The summed E-state index contributed by atoms with van der Waals surface area (Å²) < 4.78 is 12.4. The molecule has 0 fully saturated rings. The number of hydrogen-bond acceptors (Lipinski definition) is 5. The molecule has 6 nitrogen and oxygen atoms in total. The zero-order valence-corrected chi connectivity index (χ0v) is 17.3. The number of methoxy groups -OCH3 is 1. The van der Waals surface area contributed by atoms with E-state index in [1.165, 1.54) is 0 Å². The van der Waals surface area contributed by atoms with Gasteiger partial charge in [0.2, 0.25) is 0 Å². The minimum absolute atomic E-state index is 0.297. The number of hydrogen-bond donors (Lipinski definition) is 1. The van der Waals surface area contributed by atoms with Gasteiger partial charge in [-0.15, -0.1) is 0 Å². The maximum absolute atomic E-state index is 12.0. The molecule has 7 heteroatoms. The first-order chi connectivity index (χ1) is 13.7. The molecule has 142 valence electrons. The van der Waals surface area contributed by atoms with E-state index in [4.69, 9.17) is 9.47 Å². The van der Waals surface area contributed by atoms with E-state index in [0.29, 0.717) is 12.2 Å². The van der Waals surface area contributed by atoms with Gasteiger partial charge in [0.25, 0.3) is 5.91 Å². The molecule has 0 spiro atoms. The van der Waals surface area contributed by atoms with Crippen molar-refractivity contribution in [1.29, 1.82) is 0 Å². The van der Waals surface area contributed by atoms with Crippen molar-refractivity contribution in [3.05, 3.63) is 87.3 Å². The van der Waals surface area contributed by atoms with Gasteiger partial charge >= 0.3 is 0 Å². The fraction of sp³-hybridized carbons (Fsp3) is 0.0952. The first-order valence-corrected chi connectivity index (χ1v) is 9.52. The summed E-state index contributed by atoms with van der Waals surface area (Å²) in [5.74, 6) is 1.21. The number of rotatable bonds is 7. The molecule has 0 radical (unpaired) electrons. The molecular formula is C21H18IN3O3. The smallest absolute Gasteiger partial charge is 0.271 e. The highest BCUT2D eigenvalue weighted by atomic mass is 127. The Balaban J connectivity index is 1.66. The molecule has 0 atom stereocenters. The molecule has 28 heavy (non-hydrogen) atoms. The summed E-state index contributed by atoms with van der Waals surface area (Å²) in [6, 6.07) is 16.7. The van der Waals surface area contributed by atoms with E-state index in [-0.39, 0.29) is 5.91 Å². The highest BCUT2D eigenvalue weighted by Crippen LogP contribution is 2.22. The van der Waals surface area contributed by atoms with Crippen LogP contribution in [-0.4, -0.2) is 24.2 Å². The fourth-order valence-corrected chi connectivity index (χ4v) is 2.78. The largest absolute Gasteiger partial charge is 0.496 e. The molecule has 0 saturated carbocycles. The van der Waals surface area contributed by atoms with Crippen molar-refractivity contribution in [2.24, 2.45) is 5.10 Å². The number of halogens is 1. The highest BCUT2D eigenvalue weighted by molar-refractivity contribution is 14.1. The molecule has 3 aromatic rings. The van der Waals surface area contributed by atoms with Crippen LogP contribution < -0.4 is 14.9 Å². The summed E-state index contributed by atoms with van der Waals surface area (Å²) in [6.07, 6.45) is 4.69.